The lowest BCUT2D eigenvalue weighted by atomic mass is 10.3. The number of nitrogens with one attached hydrogen (secondary N) is 1. The summed E-state index contributed by atoms with van der Waals surface area (Å²) in [7, 11) is 0. The second kappa shape index (κ2) is 6.23. The normalized spacial score (nSPS) is 14.0. The van der Waals surface area contributed by atoms with Crippen LogP contribution < -0.4 is 15.8 Å². The topological polar surface area (TPSA) is 60.2 Å². The van der Waals surface area contributed by atoms with Crippen LogP contribution in [0.1, 0.15) is 12.8 Å². The molecule has 0 atom stereocenters. The molecule has 1 aromatic carbocycles. The van der Waals surface area contributed by atoms with Gasteiger partial charge in [0, 0.05) is 8.95 Å². The molecule has 4 nitrogen and oxygen atoms in total. The molecule has 110 valence electrons. The van der Waals surface area contributed by atoms with Gasteiger partial charge in [-0.3, -0.25) is 0 Å². The number of halogens is 2. The molecule has 0 radical (unpaired) electrons. The SMILES string of the molecule is Nc1ccc(Nc2c(Br)cccc2Br)nc1OCC1CC1. The number of anilines is 3. The van der Waals surface area contributed by atoms with Crippen LogP contribution >= 0.6 is 31.9 Å². The van der Waals surface area contributed by atoms with E-state index in [0.717, 1.165) is 14.6 Å². The van der Waals surface area contributed by atoms with Gasteiger partial charge in [-0.05, 0) is 74.9 Å². The summed E-state index contributed by atoms with van der Waals surface area (Å²) in [5, 5.41) is 3.27. The molecule has 21 heavy (non-hydrogen) atoms. The second-order valence-electron chi connectivity index (χ2n) is 5.07. The fourth-order valence-electron chi connectivity index (χ4n) is 1.86. The minimum Gasteiger partial charge on any atom is -0.476 e. The molecule has 1 fully saturated rings. The third-order valence-corrected chi connectivity index (χ3v) is 4.58. The number of nitrogen functional groups attached to an aromatic ring is 1. The van der Waals surface area contributed by atoms with E-state index in [1.165, 1.54) is 12.8 Å². The average Bonchev–Trinajstić information content (AvgIpc) is 3.27. The van der Waals surface area contributed by atoms with E-state index in [0.29, 0.717) is 29.9 Å². The van der Waals surface area contributed by atoms with Gasteiger partial charge in [0.1, 0.15) is 5.82 Å². The summed E-state index contributed by atoms with van der Waals surface area (Å²) >= 11 is 7.04. The highest BCUT2D eigenvalue weighted by Crippen LogP contribution is 2.34. The first kappa shape index (κ1) is 14.7. The Morgan fingerprint density at radius 3 is 2.57 bits per heavy atom. The molecule has 3 N–H and O–H groups in total. The Morgan fingerprint density at radius 2 is 1.90 bits per heavy atom. The summed E-state index contributed by atoms with van der Waals surface area (Å²) < 4.78 is 7.61. The van der Waals surface area contributed by atoms with Crippen LogP contribution in [0, 0.1) is 5.92 Å². The Morgan fingerprint density at radius 1 is 1.19 bits per heavy atom. The van der Waals surface area contributed by atoms with Crippen molar-refractivity contribution in [2.45, 2.75) is 12.8 Å². The van der Waals surface area contributed by atoms with Gasteiger partial charge in [-0.15, -0.1) is 0 Å². The Labute approximate surface area is 140 Å². The van der Waals surface area contributed by atoms with E-state index >= 15 is 0 Å². The summed E-state index contributed by atoms with van der Waals surface area (Å²) in [6, 6.07) is 9.54. The molecule has 1 aliphatic carbocycles. The number of rotatable bonds is 5. The van der Waals surface area contributed by atoms with Crippen molar-refractivity contribution >= 4 is 49.1 Å². The first-order chi connectivity index (χ1) is 10.1. The van der Waals surface area contributed by atoms with Crippen LogP contribution in [-0.2, 0) is 0 Å². The molecule has 0 amide bonds. The molecule has 1 saturated carbocycles. The molecule has 0 unspecified atom stereocenters. The maximum Gasteiger partial charge on any atom is 0.239 e. The van der Waals surface area contributed by atoms with Gasteiger partial charge in [-0.25, -0.2) is 0 Å². The van der Waals surface area contributed by atoms with E-state index in [2.05, 4.69) is 42.2 Å². The molecular weight excluding hydrogens is 398 g/mol. The number of aromatic nitrogens is 1. The molecule has 3 rings (SSSR count). The molecule has 2 aromatic rings. The minimum absolute atomic E-state index is 0.495. The number of benzene rings is 1. The van der Waals surface area contributed by atoms with E-state index in [-0.39, 0.29) is 0 Å². The molecule has 6 heteroatoms. The van der Waals surface area contributed by atoms with Crippen molar-refractivity contribution in [1.29, 1.82) is 0 Å². The van der Waals surface area contributed by atoms with Gasteiger partial charge in [0.2, 0.25) is 5.88 Å². The standard InChI is InChI=1S/C15H15Br2N3O/c16-10-2-1-3-11(17)14(10)19-13-7-6-12(18)15(20-13)21-8-9-4-5-9/h1-3,6-7,9H,4-5,8,18H2,(H,19,20). The van der Waals surface area contributed by atoms with Crippen molar-refractivity contribution in [2.75, 3.05) is 17.7 Å². The lowest BCUT2D eigenvalue weighted by Gasteiger charge is -2.12. The van der Waals surface area contributed by atoms with Crippen LogP contribution in [0.2, 0.25) is 0 Å². The third kappa shape index (κ3) is 3.68. The molecule has 1 heterocycles. The number of hydrogen-bond acceptors (Lipinski definition) is 4. The summed E-state index contributed by atoms with van der Waals surface area (Å²) in [4.78, 5) is 4.45. The van der Waals surface area contributed by atoms with Gasteiger partial charge in [0.05, 0.1) is 18.0 Å². The Hall–Kier alpha value is -1.27. The summed E-state index contributed by atoms with van der Waals surface area (Å²) in [5.41, 5.74) is 7.40. The molecule has 0 aliphatic heterocycles. The van der Waals surface area contributed by atoms with Crippen LogP contribution in [-0.4, -0.2) is 11.6 Å². The monoisotopic (exact) mass is 411 g/mol. The largest absolute Gasteiger partial charge is 0.476 e. The van der Waals surface area contributed by atoms with Crippen molar-refractivity contribution < 1.29 is 4.74 Å². The fraction of sp³-hybridized carbons (Fsp3) is 0.267. The summed E-state index contributed by atoms with van der Waals surface area (Å²) in [5.74, 6) is 1.86. The van der Waals surface area contributed by atoms with Crippen LogP contribution in [0.4, 0.5) is 17.2 Å². The molecule has 1 aromatic heterocycles. The van der Waals surface area contributed by atoms with Crippen molar-refractivity contribution in [2.24, 2.45) is 5.92 Å². The Balaban J connectivity index is 1.80. The lowest BCUT2D eigenvalue weighted by molar-refractivity contribution is 0.290. The number of nitrogens with zero attached hydrogens (tertiary/aromatic N) is 1. The number of para-hydroxylation sites is 1. The Bertz CT molecular complexity index is 639. The number of ether oxygens (including phenoxy) is 1. The van der Waals surface area contributed by atoms with E-state index in [4.69, 9.17) is 10.5 Å². The maximum absolute atomic E-state index is 5.92. The van der Waals surface area contributed by atoms with Crippen molar-refractivity contribution in [3.8, 4) is 5.88 Å². The molecule has 0 saturated heterocycles. The van der Waals surface area contributed by atoms with Gasteiger partial charge in [-0.2, -0.15) is 4.98 Å². The molecule has 0 spiro atoms. The second-order valence-corrected chi connectivity index (χ2v) is 6.78. The average molecular weight is 413 g/mol. The third-order valence-electron chi connectivity index (χ3n) is 3.26. The zero-order valence-corrected chi connectivity index (χ0v) is 14.4. The number of nitrogens with two attached hydrogens (primary N) is 1. The van der Waals surface area contributed by atoms with Gasteiger partial charge >= 0.3 is 0 Å². The number of pyridine rings is 1. The molecule has 1 aliphatic rings. The lowest BCUT2D eigenvalue weighted by Crippen LogP contribution is -2.05. The first-order valence-electron chi connectivity index (χ1n) is 6.74. The summed E-state index contributed by atoms with van der Waals surface area (Å²) in [6.07, 6.45) is 2.48. The van der Waals surface area contributed by atoms with Gasteiger partial charge < -0.3 is 15.8 Å². The van der Waals surface area contributed by atoms with E-state index in [1.807, 2.05) is 30.3 Å². The van der Waals surface area contributed by atoms with Gasteiger partial charge in [0.15, 0.2) is 0 Å². The van der Waals surface area contributed by atoms with E-state index in [1.54, 1.807) is 0 Å². The first-order valence-corrected chi connectivity index (χ1v) is 8.32. The van der Waals surface area contributed by atoms with Crippen LogP contribution in [0.5, 0.6) is 5.88 Å². The highest BCUT2D eigenvalue weighted by Gasteiger charge is 2.22. The molecular formula is C15H15Br2N3O. The quantitative estimate of drug-likeness (QED) is 0.745. The van der Waals surface area contributed by atoms with Crippen molar-refractivity contribution in [3.05, 3.63) is 39.3 Å². The van der Waals surface area contributed by atoms with E-state index in [9.17, 15) is 0 Å². The Kier molecular flexibility index (Phi) is 4.35. The maximum atomic E-state index is 5.92. The van der Waals surface area contributed by atoms with E-state index < -0.39 is 0 Å². The highest BCUT2D eigenvalue weighted by molar-refractivity contribution is 9.11. The van der Waals surface area contributed by atoms with Crippen molar-refractivity contribution in [1.82, 2.24) is 4.98 Å². The van der Waals surface area contributed by atoms with Crippen LogP contribution in [0.25, 0.3) is 0 Å². The molecule has 0 bridgehead atoms. The summed E-state index contributed by atoms with van der Waals surface area (Å²) in [6.45, 7) is 0.694. The minimum atomic E-state index is 0.495. The van der Waals surface area contributed by atoms with Gasteiger partial charge in [-0.1, -0.05) is 6.07 Å². The highest BCUT2D eigenvalue weighted by atomic mass is 79.9. The van der Waals surface area contributed by atoms with Crippen LogP contribution in [0.15, 0.2) is 39.3 Å². The van der Waals surface area contributed by atoms with Gasteiger partial charge in [0.25, 0.3) is 0 Å². The predicted octanol–water partition coefficient (Wildman–Crippen LogP) is 4.72. The van der Waals surface area contributed by atoms with Crippen molar-refractivity contribution in [3.63, 3.8) is 0 Å². The zero-order chi connectivity index (χ0) is 14.8. The zero-order valence-electron chi connectivity index (χ0n) is 11.3. The smallest absolute Gasteiger partial charge is 0.239 e. The van der Waals surface area contributed by atoms with Crippen LogP contribution in [0.3, 0.4) is 0 Å². The predicted molar refractivity (Wildman–Crippen MR) is 92.0 cm³/mol. The number of hydrogen-bond donors (Lipinski definition) is 2. The fourth-order valence-corrected chi connectivity index (χ4v) is 3.06.